The van der Waals surface area contributed by atoms with Crippen LogP contribution in [0.25, 0.3) is 0 Å². The SMILES string of the molecule is CCOC(=O)CS[C@H]1CC(=O)N(c2cc(C(=O)O)ccc2C)C1=O. The standard InChI is InChI=1S/C16H17NO6S/c1-3-23-14(19)8-24-12-7-13(18)17(15(12)20)11-6-10(16(21)22)5-4-9(11)2/h4-6,12H,3,7-8H2,1-2H3,(H,21,22)/t12-/m0/s1. The highest BCUT2D eigenvalue weighted by molar-refractivity contribution is 8.01. The number of aryl methyl sites for hydroxylation is 1. The van der Waals surface area contributed by atoms with Crippen molar-refractivity contribution in [2.24, 2.45) is 0 Å². The first-order chi connectivity index (χ1) is 11.3. The van der Waals surface area contributed by atoms with E-state index in [0.29, 0.717) is 5.56 Å². The van der Waals surface area contributed by atoms with Crippen molar-refractivity contribution in [3.05, 3.63) is 29.3 Å². The van der Waals surface area contributed by atoms with E-state index < -0.39 is 29.0 Å². The minimum atomic E-state index is -1.14. The number of thioether (sulfide) groups is 1. The van der Waals surface area contributed by atoms with Crippen molar-refractivity contribution in [2.75, 3.05) is 17.3 Å². The molecule has 128 valence electrons. The van der Waals surface area contributed by atoms with E-state index in [1.165, 1.54) is 12.1 Å². The lowest BCUT2D eigenvalue weighted by Crippen LogP contribution is -2.32. The molecule has 1 saturated heterocycles. The van der Waals surface area contributed by atoms with E-state index in [-0.39, 0.29) is 30.0 Å². The highest BCUT2D eigenvalue weighted by atomic mass is 32.2. The second-order valence-corrected chi connectivity index (χ2v) is 6.37. The Balaban J connectivity index is 2.19. The van der Waals surface area contributed by atoms with Gasteiger partial charge in [0, 0.05) is 6.42 Å². The molecule has 0 radical (unpaired) electrons. The molecule has 1 heterocycles. The summed E-state index contributed by atoms with van der Waals surface area (Å²) in [7, 11) is 0. The van der Waals surface area contributed by atoms with Crippen LogP contribution in [-0.2, 0) is 19.1 Å². The Morgan fingerprint density at radius 3 is 2.71 bits per heavy atom. The van der Waals surface area contributed by atoms with Crippen molar-refractivity contribution in [3.8, 4) is 0 Å². The number of hydrogen-bond donors (Lipinski definition) is 1. The van der Waals surface area contributed by atoms with Crippen LogP contribution in [0.2, 0.25) is 0 Å². The zero-order chi connectivity index (χ0) is 17.9. The fourth-order valence-electron chi connectivity index (χ4n) is 2.34. The highest BCUT2D eigenvalue weighted by Crippen LogP contribution is 2.32. The average Bonchev–Trinajstić information content (AvgIpc) is 2.80. The molecule has 2 amide bonds. The van der Waals surface area contributed by atoms with Crippen LogP contribution in [0.15, 0.2) is 18.2 Å². The van der Waals surface area contributed by atoms with Gasteiger partial charge in [-0.2, -0.15) is 0 Å². The molecule has 1 aromatic rings. The molecule has 1 atom stereocenters. The third-order valence-electron chi connectivity index (χ3n) is 3.51. The van der Waals surface area contributed by atoms with Gasteiger partial charge in [-0.15, -0.1) is 11.8 Å². The van der Waals surface area contributed by atoms with Crippen LogP contribution in [-0.4, -0.2) is 46.5 Å². The summed E-state index contributed by atoms with van der Waals surface area (Å²) >= 11 is 1.06. The van der Waals surface area contributed by atoms with E-state index in [0.717, 1.165) is 16.7 Å². The minimum Gasteiger partial charge on any atom is -0.478 e. The smallest absolute Gasteiger partial charge is 0.335 e. The van der Waals surface area contributed by atoms with Crippen LogP contribution in [0.5, 0.6) is 0 Å². The lowest BCUT2D eigenvalue weighted by Gasteiger charge is -2.18. The summed E-state index contributed by atoms with van der Waals surface area (Å²) in [6.45, 7) is 3.64. The second-order valence-electron chi connectivity index (χ2n) is 5.18. The van der Waals surface area contributed by atoms with Crippen LogP contribution in [0.1, 0.15) is 29.3 Å². The number of imide groups is 1. The van der Waals surface area contributed by atoms with Crippen LogP contribution < -0.4 is 4.90 Å². The predicted octanol–water partition coefficient (Wildman–Crippen LogP) is 1.62. The maximum absolute atomic E-state index is 12.5. The van der Waals surface area contributed by atoms with Gasteiger partial charge in [0.2, 0.25) is 11.8 Å². The number of hydrogen-bond acceptors (Lipinski definition) is 6. The van der Waals surface area contributed by atoms with Crippen molar-refractivity contribution >= 4 is 41.2 Å². The van der Waals surface area contributed by atoms with Gasteiger partial charge in [-0.25, -0.2) is 9.69 Å². The Hall–Kier alpha value is -2.35. The number of ether oxygens (including phenoxy) is 1. The van der Waals surface area contributed by atoms with Gasteiger partial charge >= 0.3 is 11.9 Å². The molecule has 7 nitrogen and oxygen atoms in total. The number of esters is 1. The largest absolute Gasteiger partial charge is 0.478 e. The van der Waals surface area contributed by atoms with Crippen molar-refractivity contribution < 1.29 is 29.0 Å². The number of carboxylic acids is 1. The molecule has 0 unspecified atom stereocenters. The van der Waals surface area contributed by atoms with Crippen LogP contribution in [0, 0.1) is 6.92 Å². The zero-order valence-electron chi connectivity index (χ0n) is 13.3. The van der Waals surface area contributed by atoms with E-state index >= 15 is 0 Å². The van der Waals surface area contributed by atoms with Crippen molar-refractivity contribution in [1.29, 1.82) is 0 Å². The number of nitrogens with zero attached hydrogens (tertiary/aromatic N) is 1. The number of benzene rings is 1. The molecule has 1 N–H and O–H groups in total. The third kappa shape index (κ3) is 3.76. The molecule has 8 heteroatoms. The molecule has 0 saturated carbocycles. The number of aromatic carboxylic acids is 1. The molecule has 1 aromatic carbocycles. The minimum absolute atomic E-state index is 0.00109. The molecule has 1 aliphatic rings. The predicted molar refractivity (Wildman–Crippen MR) is 88.1 cm³/mol. The zero-order valence-corrected chi connectivity index (χ0v) is 14.1. The quantitative estimate of drug-likeness (QED) is 0.614. The Kier molecular flexibility index (Phi) is 5.61. The van der Waals surface area contributed by atoms with Gasteiger partial charge in [-0.05, 0) is 31.5 Å². The number of carbonyl (C=O) groups is 4. The molecule has 24 heavy (non-hydrogen) atoms. The van der Waals surface area contributed by atoms with Gasteiger partial charge < -0.3 is 9.84 Å². The summed E-state index contributed by atoms with van der Waals surface area (Å²) in [6, 6.07) is 4.28. The molecule has 1 fully saturated rings. The van der Waals surface area contributed by atoms with Crippen molar-refractivity contribution in [2.45, 2.75) is 25.5 Å². The summed E-state index contributed by atoms with van der Waals surface area (Å²) in [5, 5.41) is 8.41. The van der Waals surface area contributed by atoms with E-state index in [1.807, 2.05) is 0 Å². The molecule has 0 spiro atoms. The molecule has 2 rings (SSSR count). The number of carboxylic acid groups (broad SMARTS) is 1. The first-order valence-electron chi connectivity index (χ1n) is 7.33. The third-order valence-corrected chi connectivity index (χ3v) is 4.68. The van der Waals surface area contributed by atoms with Gasteiger partial charge in [0.15, 0.2) is 0 Å². The van der Waals surface area contributed by atoms with E-state index in [4.69, 9.17) is 9.84 Å². The topological polar surface area (TPSA) is 101 Å². The molecular formula is C16H17NO6S. The molecule has 0 bridgehead atoms. The maximum atomic E-state index is 12.5. The monoisotopic (exact) mass is 351 g/mol. The average molecular weight is 351 g/mol. The first kappa shape index (κ1) is 18.0. The van der Waals surface area contributed by atoms with E-state index in [2.05, 4.69) is 0 Å². The van der Waals surface area contributed by atoms with Gasteiger partial charge in [0.05, 0.1) is 28.9 Å². The van der Waals surface area contributed by atoms with Crippen LogP contribution in [0.3, 0.4) is 0 Å². The van der Waals surface area contributed by atoms with Gasteiger partial charge in [0.25, 0.3) is 0 Å². The number of carbonyl (C=O) groups excluding carboxylic acids is 3. The van der Waals surface area contributed by atoms with Gasteiger partial charge in [0.1, 0.15) is 0 Å². The lowest BCUT2D eigenvalue weighted by molar-refractivity contribution is -0.139. The highest BCUT2D eigenvalue weighted by Gasteiger charge is 2.40. The number of amides is 2. The summed E-state index contributed by atoms with van der Waals surface area (Å²) in [5.41, 5.74) is 0.890. The number of rotatable bonds is 6. The normalized spacial score (nSPS) is 17.2. The van der Waals surface area contributed by atoms with Crippen LogP contribution >= 0.6 is 11.8 Å². The fourth-order valence-corrected chi connectivity index (χ4v) is 3.27. The molecular weight excluding hydrogens is 334 g/mol. The van der Waals surface area contributed by atoms with Crippen molar-refractivity contribution in [3.63, 3.8) is 0 Å². The Morgan fingerprint density at radius 1 is 1.38 bits per heavy atom. The first-order valence-corrected chi connectivity index (χ1v) is 8.38. The Labute approximate surface area is 143 Å². The summed E-state index contributed by atoms with van der Waals surface area (Å²) < 4.78 is 4.80. The fraction of sp³-hybridized carbons (Fsp3) is 0.375. The summed E-state index contributed by atoms with van der Waals surface area (Å²) in [4.78, 5) is 48.2. The Morgan fingerprint density at radius 2 is 2.08 bits per heavy atom. The van der Waals surface area contributed by atoms with E-state index in [1.54, 1.807) is 19.9 Å². The van der Waals surface area contributed by atoms with Gasteiger partial charge in [-0.3, -0.25) is 14.4 Å². The van der Waals surface area contributed by atoms with Crippen LogP contribution in [0.4, 0.5) is 5.69 Å². The summed E-state index contributed by atoms with van der Waals surface area (Å²) in [6.07, 6.45) is -0.0281. The van der Waals surface area contributed by atoms with Gasteiger partial charge in [-0.1, -0.05) is 6.07 Å². The molecule has 0 aromatic heterocycles. The molecule has 1 aliphatic heterocycles. The second kappa shape index (κ2) is 7.48. The maximum Gasteiger partial charge on any atom is 0.335 e. The Bertz CT molecular complexity index is 702. The number of anilines is 1. The lowest BCUT2D eigenvalue weighted by atomic mass is 10.1. The summed E-state index contributed by atoms with van der Waals surface area (Å²) in [5.74, 6) is -2.44. The van der Waals surface area contributed by atoms with E-state index in [9.17, 15) is 19.2 Å². The molecule has 0 aliphatic carbocycles. The van der Waals surface area contributed by atoms with Crippen molar-refractivity contribution in [1.82, 2.24) is 0 Å².